The summed E-state index contributed by atoms with van der Waals surface area (Å²) in [5.74, 6) is -3.83. The Morgan fingerprint density at radius 3 is 2.56 bits per heavy atom. The van der Waals surface area contributed by atoms with Crippen molar-refractivity contribution in [2.75, 3.05) is 11.9 Å². The van der Waals surface area contributed by atoms with Gasteiger partial charge < -0.3 is 10.6 Å². The fourth-order valence-electron chi connectivity index (χ4n) is 1.12. The number of nitriles is 1. The van der Waals surface area contributed by atoms with Crippen molar-refractivity contribution in [1.29, 1.82) is 5.26 Å². The number of hydrogen-bond donors (Lipinski definition) is 2. The number of rotatable bonds is 2. The third-order valence-corrected chi connectivity index (χ3v) is 2.03. The predicted octanol–water partition coefficient (Wildman–Crippen LogP) is 0.852. The van der Waals surface area contributed by atoms with E-state index in [0.717, 1.165) is 12.1 Å². The second-order valence-electron chi connectivity index (χ2n) is 3.38. The van der Waals surface area contributed by atoms with E-state index in [4.69, 9.17) is 5.26 Å². The Morgan fingerprint density at radius 1 is 1.28 bits per heavy atom. The Labute approximate surface area is 101 Å². The summed E-state index contributed by atoms with van der Waals surface area (Å²) < 4.78 is 26.5. The lowest BCUT2D eigenvalue weighted by molar-refractivity contribution is -0.136. The highest BCUT2D eigenvalue weighted by atomic mass is 19.1. The average molecular weight is 253 g/mol. The number of halogens is 2. The van der Waals surface area contributed by atoms with Crippen LogP contribution in [0.4, 0.5) is 14.5 Å². The number of aryl methyl sites for hydroxylation is 1. The van der Waals surface area contributed by atoms with Crippen LogP contribution >= 0.6 is 0 Å². The summed E-state index contributed by atoms with van der Waals surface area (Å²) in [5, 5.41) is 12.1. The van der Waals surface area contributed by atoms with Crippen molar-refractivity contribution >= 4 is 17.5 Å². The van der Waals surface area contributed by atoms with Crippen LogP contribution in [0.15, 0.2) is 12.1 Å². The lowest BCUT2D eigenvalue weighted by Crippen LogP contribution is -2.35. The zero-order valence-electron chi connectivity index (χ0n) is 9.38. The molecule has 0 aliphatic carbocycles. The van der Waals surface area contributed by atoms with Gasteiger partial charge in [-0.3, -0.25) is 9.59 Å². The molecule has 0 bridgehead atoms. The van der Waals surface area contributed by atoms with Gasteiger partial charge in [0.1, 0.15) is 18.2 Å². The second kappa shape index (κ2) is 5.72. The standard InChI is InChI=1S/C11H9F2N3O2/c1-6-4-8(13)9(5-7(6)12)16-11(18)10(17)15-3-2-14/h4-5H,3H2,1H3,(H,15,17)(H,16,18). The molecule has 0 spiro atoms. The topological polar surface area (TPSA) is 82.0 Å². The van der Waals surface area contributed by atoms with Crippen molar-refractivity contribution in [3.8, 4) is 6.07 Å². The van der Waals surface area contributed by atoms with Crippen LogP contribution < -0.4 is 10.6 Å². The van der Waals surface area contributed by atoms with Crippen molar-refractivity contribution in [2.24, 2.45) is 0 Å². The number of anilines is 1. The maximum Gasteiger partial charge on any atom is 0.313 e. The fraction of sp³-hybridized carbons (Fsp3) is 0.182. The Kier molecular flexibility index (Phi) is 4.32. The Balaban J connectivity index is 2.80. The van der Waals surface area contributed by atoms with Gasteiger partial charge in [-0.15, -0.1) is 0 Å². The molecule has 0 saturated carbocycles. The smallest absolute Gasteiger partial charge is 0.313 e. The lowest BCUT2D eigenvalue weighted by Gasteiger charge is -2.07. The van der Waals surface area contributed by atoms with Crippen molar-refractivity contribution in [3.63, 3.8) is 0 Å². The van der Waals surface area contributed by atoms with Crippen LogP contribution in [0.2, 0.25) is 0 Å². The van der Waals surface area contributed by atoms with E-state index in [0.29, 0.717) is 0 Å². The summed E-state index contributed by atoms with van der Waals surface area (Å²) in [6, 6.07) is 3.28. The quantitative estimate of drug-likeness (QED) is 0.605. The maximum absolute atomic E-state index is 13.3. The number of carbonyl (C=O) groups excluding carboxylic acids is 2. The molecule has 1 rings (SSSR count). The summed E-state index contributed by atoms with van der Waals surface area (Å²) >= 11 is 0. The molecule has 0 unspecified atom stereocenters. The Hall–Kier alpha value is -2.49. The number of nitrogens with zero attached hydrogens (tertiary/aromatic N) is 1. The molecule has 0 radical (unpaired) electrons. The van der Waals surface area contributed by atoms with Crippen LogP contribution in [0.3, 0.4) is 0 Å². The first kappa shape index (κ1) is 13.6. The highest BCUT2D eigenvalue weighted by molar-refractivity contribution is 6.39. The van der Waals surface area contributed by atoms with E-state index >= 15 is 0 Å². The second-order valence-corrected chi connectivity index (χ2v) is 3.38. The zero-order valence-corrected chi connectivity index (χ0v) is 9.38. The van der Waals surface area contributed by atoms with Gasteiger partial charge in [0, 0.05) is 6.07 Å². The van der Waals surface area contributed by atoms with Gasteiger partial charge in [0.2, 0.25) is 0 Å². The summed E-state index contributed by atoms with van der Waals surface area (Å²) in [4.78, 5) is 22.3. The molecule has 0 fully saturated rings. The van der Waals surface area contributed by atoms with Crippen molar-refractivity contribution in [3.05, 3.63) is 29.3 Å². The molecule has 7 heteroatoms. The van der Waals surface area contributed by atoms with Gasteiger partial charge in [-0.25, -0.2) is 8.78 Å². The van der Waals surface area contributed by atoms with E-state index < -0.39 is 29.1 Å². The largest absolute Gasteiger partial charge is 0.335 e. The first-order valence-corrected chi connectivity index (χ1v) is 4.87. The summed E-state index contributed by atoms with van der Waals surface area (Å²) in [6.07, 6.45) is 0. The molecule has 1 aromatic carbocycles. The highest BCUT2D eigenvalue weighted by Gasteiger charge is 2.16. The number of benzene rings is 1. The molecule has 0 heterocycles. The first-order valence-electron chi connectivity index (χ1n) is 4.87. The molecular formula is C11H9F2N3O2. The van der Waals surface area contributed by atoms with Crippen LogP contribution in [-0.2, 0) is 9.59 Å². The average Bonchev–Trinajstić information content (AvgIpc) is 2.32. The van der Waals surface area contributed by atoms with E-state index in [1.165, 1.54) is 6.92 Å². The van der Waals surface area contributed by atoms with Gasteiger partial charge in [0.15, 0.2) is 0 Å². The van der Waals surface area contributed by atoms with Crippen molar-refractivity contribution < 1.29 is 18.4 Å². The molecule has 0 saturated heterocycles. The molecule has 18 heavy (non-hydrogen) atoms. The Bertz CT molecular complexity index is 538. The van der Waals surface area contributed by atoms with Crippen molar-refractivity contribution in [2.45, 2.75) is 6.92 Å². The minimum atomic E-state index is -1.17. The number of amides is 2. The minimum Gasteiger partial charge on any atom is -0.335 e. The molecule has 0 atom stereocenters. The lowest BCUT2D eigenvalue weighted by atomic mass is 10.2. The van der Waals surface area contributed by atoms with Crippen LogP contribution in [-0.4, -0.2) is 18.4 Å². The van der Waals surface area contributed by atoms with E-state index in [-0.39, 0.29) is 12.1 Å². The van der Waals surface area contributed by atoms with E-state index in [1.54, 1.807) is 6.07 Å². The molecule has 2 amide bonds. The van der Waals surface area contributed by atoms with Gasteiger partial charge in [-0.05, 0) is 18.6 Å². The number of nitrogens with one attached hydrogen (secondary N) is 2. The molecule has 0 aromatic heterocycles. The van der Waals surface area contributed by atoms with E-state index in [2.05, 4.69) is 0 Å². The molecule has 94 valence electrons. The molecular weight excluding hydrogens is 244 g/mol. The Morgan fingerprint density at radius 2 is 1.94 bits per heavy atom. The van der Waals surface area contributed by atoms with Gasteiger partial charge in [0.25, 0.3) is 0 Å². The molecule has 5 nitrogen and oxygen atoms in total. The fourth-order valence-corrected chi connectivity index (χ4v) is 1.12. The molecule has 1 aromatic rings. The SMILES string of the molecule is Cc1cc(F)c(NC(=O)C(=O)NCC#N)cc1F. The van der Waals surface area contributed by atoms with Gasteiger partial charge in [-0.2, -0.15) is 5.26 Å². The monoisotopic (exact) mass is 253 g/mol. The maximum atomic E-state index is 13.3. The normalized spacial score (nSPS) is 9.44. The van der Waals surface area contributed by atoms with Crippen LogP contribution in [0, 0.1) is 29.9 Å². The van der Waals surface area contributed by atoms with Crippen molar-refractivity contribution in [1.82, 2.24) is 5.32 Å². The third-order valence-electron chi connectivity index (χ3n) is 2.03. The minimum absolute atomic E-state index is 0.0828. The van der Waals surface area contributed by atoms with Gasteiger partial charge in [0.05, 0.1) is 11.8 Å². The summed E-state index contributed by atoms with van der Waals surface area (Å²) in [7, 11) is 0. The predicted molar refractivity (Wildman–Crippen MR) is 58.3 cm³/mol. The summed E-state index contributed by atoms with van der Waals surface area (Å²) in [5.41, 5.74) is -0.352. The van der Waals surface area contributed by atoms with Crippen LogP contribution in [0.25, 0.3) is 0 Å². The van der Waals surface area contributed by atoms with E-state index in [9.17, 15) is 18.4 Å². The summed E-state index contributed by atoms with van der Waals surface area (Å²) in [6.45, 7) is 1.01. The first-order chi connectivity index (χ1) is 8.45. The molecule has 2 N–H and O–H groups in total. The molecule has 0 aliphatic heterocycles. The van der Waals surface area contributed by atoms with E-state index in [1.807, 2.05) is 10.6 Å². The van der Waals surface area contributed by atoms with Gasteiger partial charge >= 0.3 is 11.8 Å². The zero-order chi connectivity index (χ0) is 13.7. The highest BCUT2D eigenvalue weighted by Crippen LogP contribution is 2.18. The third kappa shape index (κ3) is 3.25. The molecule has 0 aliphatic rings. The van der Waals surface area contributed by atoms with Crippen LogP contribution in [0.5, 0.6) is 0 Å². The number of carbonyl (C=O) groups is 2. The van der Waals surface area contributed by atoms with Crippen LogP contribution in [0.1, 0.15) is 5.56 Å². The van der Waals surface area contributed by atoms with Gasteiger partial charge in [-0.1, -0.05) is 0 Å². The number of hydrogen-bond acceptors (Lipinski definition) is 3.